The van der Waals surface area contributed by atoms with E-state index in [-0.39, 0.29) is 17.7 Å². The largest absolute Gasteiger partial charge is 0.465 e. The molecule has 0 amide bonds. The number of nitrogens with zero attached hydrogens (tertiary/aromatic N) is 2. The van der Waals surface area contributed by atoms with Crippen LogP contribution in [-0.2, 0) is 16.0 Å². The lowest BCUT2D eigenvalue weighted by molar-refractivity contribution is -0.384. The number of likely N-dealkylation sites (tertiary alicyclic amines) is 1. The molecule has 1 heterocycles. The summed E-state index contributed by atoms with van der Waals surface area (Å²) >= 11 is 0. The number of carbonyl (C=O) groups is 1. The molecule has 1 unspecified atom stereocenters. The maximum absolute atomic E-state index is 11.8. The molecule has 1 aliphatic rings. The molecule has 0 radical (unpaired) electrons. The van der Waals surface area contributed by atoms with Crippen LogP contribution in [0.25, 0.3) is 0 Å². The molecule has 1 aromatic rings. The molecule has 1 fully saturated rings. The van der Waals surface area contributed by atoms with Gasteiger partial charge in [-0.25, -0.2) is 0 Å². The Balaban J connectivity index is 1.89. The smallest absolute Gasteiger partial charge is 0.323 e. The highest BCUT2D eigenvalue weighted by atomic mass is 16.6. The number of non-ortho nitro benzene ring substituents is 1. The third-order valence-electron chi connectivity index (χ3n) is 3.76. The maximum atomic E-state index is 11.8. The third kappa shape index (κ3) is 4.01. The predicted octanol–water partition coefficient (Wildman–Crippen LogP) is 2.16. The molecule has 6 nitrogen and oxygen atoms in total. The van der Waals surface area contributed by atoms with Gasteiger partial charge in [-0.15, -0.1) is 0 Å². The highest BCUT2D eigenvalue weighted by Crippen LogP contribution is 2.19. The first-order valence-corrected chi connectivity index (χ1v) is 7.26. The maximum Gasteiger partial charge on any atom is 0.323 e. The third-order valence-corrected chi connectivity index (χ3v) is 3.76. The average molecular weight is 292 g/mol. The molecule has 0 N–H and O–H groups in total. The Kier molecular flexibility index (Phi) is 5.27. The topological polar surface area (TPSA) is 72.7 Å². The van der Waals surface area contributed by atoms with Crippen LogP contribution in [0.15, 0.2) is 24.3 Å². The Hall–Kier alpha value is -1.95. The van der Waals surface area contributed by atoms with Gasteiger partial charge in [-0.05, 0) is 38.3 Å². The highest BCUT2D eigenvalue weighted by Gasteiger charge is 2.31. The minimum Gasteiger partial charge on any atom is -0.465 e. The Labute approximate surface area is 123 Å². The summed E-state index contributed by atoms with van der Waals surface area (Å²) in [5.74, 6) is -0.140. The fraction of sp³-hybridized carbons (Fsp3) is 0.533. The Morgan fingerprint density at radius 2 is 2.14 bits per heavy atom. The number of hydrogen-bond donors (Lipinski definition) is 0. The number of carbonyl (C=O) groups excluding carboxylic acids is 1. The number of ether oxygens (including phenoxy) is 1. The molecule has 1 saturated heterocycles. The van der Waals surface area contributed by atoms with Crippen molar-refractivity contribution in [1.82, 2.24) is 4.90 Å². The first-order chi connectivity index (χ1) is 10.1. The lowest BCUT2D eigenvalue weighted by Gasteiger charge is -2.22. The lowest BCUT2D eigenvalue weighted by Crippen LogP contribution is -2.38. The zero-order valence-electron chi connectivity index (χ0n) is 12.2. The molecule has 6 heteroatoms. The van der Waals surface area contributed by atoms with E-state index in [2.05, 4.69) is 4.90 Å². The molecule has 1 atom stereocenters. The average Bonchev–Trinajstić information content (AvgIpc) is 2.94. The number of benzene rings is 1. The molecule has 1 aliphatic heterocycles. The van der Waals surface area contributed by atoms with Crippen molar-refractivity contribution in [3.63, 3.8) is 0 Å². The van der Waals surface area contributed by atoms with Gasteiger partial charge < -0.3 is 4.74 Å². The van der Waals surface area contributed by atoms with Crippen LogP contribution in [-0.4, -0.2) is 41.5 Å². The van der Waals surface area contributed by atoms with Gasteiger partial charge in [-0.1, -0.05) is 12.1 Å². The van der Waals surface area contributed by atoms with Crippen molar-refractivity contribution in [3.05, 3.63) is 39.9 Å². The van der Waals surface area contributed by atoms with E-state index in [1.54, 1.807) is 12.1 Å². The van der Waals surface area contributed by atoms with Crippen molar-refractivity contribution in [1.29, 1.82) is 0 Å². The summed E-state index contributed by atoms with van der Waals surface area (Å²) in [5, 5.41) is 10.6. The van der Waals surface area contributed by atoms with Crippen LogP contribution in [0, 0.1) is 10.1 Å². The number of esters is 1. The Bertz CT molecular complexity index is 501. The standard InChI is InChI=1S/C15H20N2O4/c1-2-21-15(18)14-4-3-10-16(14)11-9-12-5-7-13(8-6-12)17(19)20/h5-8,14H,2-4,9-11H2,1H3. The van der Waals surface area contributed by atoms with E-state index in [9.17, 15) is 14.9 Å². The molecule has 0 spiro atoms. The van der Waals surface area contributed by atoms with E-state index < -0.39 is 4.92 Å². The van der Waals surface area contributed by atoms with Crippen LogP contribution in [0.1, 0.15) is 25.3 Å². The van der Waals surface area contributed by atoms with E-state index in [1.165, 1.54) is 12.1 Å². The highest BCUT2D eigenvalue weighted by molar-refractivity contribution is 5.76. The minimum absolute atomic E-state index is 0.101. The van der Waals surface area contributed by atoms with Crippen LogP contribution in [0.3, 0.4) is 0 Å². The van der Waals surface area contributed by atoms with Gasteiger partial charge in [0.05, 0.1) is 11.5 Å². The first-order valence-electron chi connectivity index (χ1n) is 7.26. The number of nitro benzene ring substituents is 1. The fourth-order valence-corrected chi connectivity index (χ4v) is 2.66. The van der Waals surface area contributed by atoms with Crippen LogP contribution in [0.2, 0.25) is 0 Å². The van der Waals surface area contributed by atoms with Crippen LogP contribution < -0.4 is 0 Å². The molecule has 1 aromatic carbocycles. The van der Waals surface area contributed by atoms with E-state index in [0.29, 0.717) is 6.61 Å². The SMILES string of the molecule is CCOC(=O)C1CCCN1CCc1ccc([N+](=O)[O-])cc1. The molecule has 0 aliphatic carbocycles. The molecule has 0 saturated carbocycles. The molecule has 0 aromatic heterocycles. The molecule has 21 heavy (non-hydrogen) atoms. The number of hydrogen-bond acceptors (Lipinski definition) is 5. The second kappa shape index (κ2) is 7.17. The quantitative estimate of drug-likeness (QED) is 0.456. The Morgan fingerprint density at radius 3 is 2.76 bits per heavy atom. The molecule has 114 valence electrons. The summed E-state index contributed by atoms with van der Waals surface area (Å²) in [5.41, 5.74) is 1.14. The first kappa shape index (κ1) is 15.4. The van der Waals surface area contributed by atoms with Crippen molar-refractivity contribution in [2.45, 2.75) is 32.2 Å². The van der Waals surface area contributed by atoms with Gasteiger partial charge >= 0.3 is 5.97 Å². The zero-order valence-corrected chi connectivity index (χ0v) is 12.2. The monoisotopic (exact) mass is 292 g/mol. The summed E-state index contributed by atoms with van der Waals surface area (Å²) in [6, 6.07) is 6.44. The van der Waals surface area contributed by atoms with Crippen LogP contribution >= 0.6 is 0 Å². The van der Waals surface area contributed by atoms with Gasteiger partial charge in [-0.2, -0.15) is 0 Å². The van der Waals surface area contributed by atoms with E-state index in [1.807, 2.05) is 6.92 Å². The van der Waals surface area contributed by atoms with Crippen LogP contribution in [0.5, 0.6) is 0 Å². The predicted molar refractivity (Wildman–Crippen MR) is 78.0 cm³/mol. The summed E-state index contributed by atoms with van der Waals surface area (Å²) in [6.07, 6.45) is 2.62. The second-order valence-electron chi connectivity index (χ2n) is 5.12. The van der Waals surface area contributed by atoms with Gasteiger partial charge in [0.2, 0.25) is 0 Å². The summed E-state index contributed by atoms with van der Waals surface area (Å²) < 4.78 is 5.09. The Morgan fingerprint density at radius 1 is 1.43 bits per heavy atom. The van der Waals surface area contributed by atoms with Gasteiger partial charge in [0.25, 0.3) is 5.69 Å². The van der Waals surface area contributed by atoms with Crippen molar-refractivity contribution in [2.75, 3.05) is 19.7 Å². The van der Waals surface area contributed by atoms with E-state index >= 15 is 0 Å². The van der Waals surface area contributed by atoms with Crippen LogP contribution in [0.4, 0.5) is 5.69 Å². The molecular formula is C15H20N2O4. The van der Waals surface area contributed by atoms with Gasteiger partial charge in [0, 0.05) is 18.7 Å². The van der Waals surface area contributed by atoms with Crippen molar-refractivity contribution in [2.24, 2.45) is 0 Å². The molecule has 0 bridgehead atoms. The van der Waals surface area contributed by atoms with Crippen molar-refractivity contribution in [3.8, 4) is 0 Å². The van der Waals surface area contributed by atoms with E-state index in [0.717, 1.165) is 37.9 Å². The van der Waals surface area contributed by atoms with Crippen molar-refractivity contribution >= 4 is 11.7 Å². The van der Waals surface area contributed by atoms with Gasteiger partial charge in [0.1, 0.15) is 6.04 Å². The summed E-state index contributed by atoms with van der Waals surface area (Å²) in [4.78, 5) is 24.2. The number of rotatable bonds is 6. The fourth-order valence-electron chi connectivity index (χ4n) is 2.66. The minimum atomic E-state index is -0.402. The lowest BCUT2D eigenvalue weighted by atomic mass is 10.1. The van der Waals surface area contributed by atoms with Crippen molar-refractivity contribution < 1.29 is 14.5 Å². The van der Waals surface area contributed by atoms with E-state index in [4.69, 9.17) is 4.74 Å². The number of nitro groups is 1. The second-order valence-corrected chi connectivity index (χ2v) is 5.12. The van der Waals surface area contributed by atoms with Gasteiger partial charge in [-0.3, -0.25) is 19.8 Å². The zero-order chi connectivity index (χ0) is 15.2. The summed E-state index contributed by atoms with van der Waals surface area (Å²) in [7, 11) is 0. The molecule has 2 rings (SSSR count). The summed E-state index contributed by atoms with van der Waals surface area (Å²) in [6.45, 7) is 3.89. The normalized spacial score (nSPS) is 18.6. The van der Waals surface area contributed by atoms with Gasteiger partial charge in [0.15, 0.2) is 0 Å². The molecular weight excluding hydrogens is 272 g/mol.